The number of nitrogens with zero attached hydrogens (tertiary/aromatic N) is 2. The molecule has 0 saturated carbocycles. The Morgan fingerprint density at radius 2 is 1.87 bits per heavy atom. The summed E-state index contributed by atoms with van der Waals surface area (Å²) < 4.78 is 5.42. The molecule has 1 aliphatic heterocycles. The zero-order valence-electron chi connectivity index (χ0n) is 16.1. The summed E-state index contributed by atoms with van der Waals surface area (Å²) in [7, 11) is 0. The molecule has 0 amide bonds. The van der Waals surface area contributed by atoms with E-state index in [1.165, 1.54) is 6.42 Å². The number of hydrogen-bond donors (Lipinski definition) is 2. The van der Waals surface area contributed by atoms with Crippen LogP contribution in [0.3, 0.4) is 0 Å². The van der Waals surface area contributed by atoms with E-state index in [2.05, 4.69) is 57.1 Å². The molecule has 1 fully saturated rings. The molecule has 0 aromatic rings. The summed E-state index contributed by atoms with van der Waals surface area (Å²) in [6.45, 7) is 18.9. The molecule has 23 heavy (non-hydrogen) atoms. The van der Waals surface area contributed by atoms with Crippen molar-refractivity contribution in [3.05, 3.63) is 0 Å². The Kier molecular flexibility index (Phi) is 8.92. The fourth-order valence-corrected chi connectivity index (χ4v) is 2.63. The number of aliphatic imine (C=N–C) groups is 1. The third-order valence-electron chi connectivity index (χ3n) is 4.24. The lowest BCUT2D eigenvalue weighted by atomic mass is 9.89. The molecule has 0 aliphatic carbocycles. The Balaban J connectivity index is 2.45. The maximum atomic E-state index is 5.42. The lowest BCUT2D eigenvalue weighted by Crippen LogP contribution is -2.45. The number of guanidine groups is 1. The van der Waals surface area contributed by atoms with Gasteiger partial charge in [-0.15, -0.1) is 0 Å². The number of rotatable bonds is 7. The van der Waals surface area contributed by atoms with Crippen molar-refractivity contribution in [2.24, 2.45) is 10.4 Å². The van der Waals surface area contributed by atoms with Gasteiger partial charge in [0.25, 0.3) is 0 Å². The second-order valence-corrected chi connectivity index (χ2v) is 7.86. The van der Waals surface area contributed by atoms with Crippen LogP contribution in [0.5, 0.6) is 0 Å². The van der Waals surface area contributed by atoms with E-state index in [1.54, 1.807) is 0 Å². The Morgan fingerprint density at radius 1 is 1.22 bits per heavy atom. The van der Waals surface area contributed by atoms with Crippen molar-refractivity contribution in [3.63, 3.8) is 0 Å². The average Bonchev–Trinajstić information content (AvgIpc) is 2.51. The quantitative estimate of drug-likeness (QED) is 0.557. The minimum Gasteiger partial charge on any atom is -0.379 e. The van der Waals surface area contributed by atoms with Gasteiger partial charge in [-0.2, -0.15) is 0 Å². The highest BCUT2D eigenvalue weighted by molar-refractivity contribution is 5.80. The van der Waals surface area contributed by atoms with Crippen molar-refractivity contribution in [2.45, 2.75) is 66.5 Å². The summed E-state index contributed by atoms with van der Waals surface area (Å²) >= 11 is 0. The van der Waals surface area contributed by atoms with Gasteiger partial charge in [0.2, 0.25) is 0 Å². The largest absolute Gasteiger partial charge is 0.379 e. The zero-order valence-corrected chi connectivity index (χ0v) is 16.1. The van der Waals surface area contributed by atoms with Crippen molar-refractivity contribution in [1.82, 2.24) is 15.5 Å². The first kappa shape index (κ1) is 20.2. The second-order valence-electron chi connectivity index (χ2n) is 7.86. The highest BCUT2D eigenvalue weighted by Gasteiger charge is 2.17. The van der Waals surface area contributed by atoms with Crippen LogP contribution in [0.2, 0.25) is 0 Å². The molecule has 1 heterocycles. The topological polar surface area (TPSA) is 48.9 Å². The summed E-state index contributed by atoms with van der Waals surface area (Å²) in [5.74, 6) is 0.939. The van der Waals surface area contributed by atoms with Gasteiger partial charge in [0.1, 0.15) is 0 Å². The first-order valence-electron chi connectivity index (χ1n) is 9.18. The van der Waals surface area contributed by atoms with E-state index in [0.717, 1.165) is 51.8 Å². The van der Waals surface area contributed by atoms with Gasteiger partial charge in [-0.05, 0) is 39.0 Å². The van der Waals surface area contributed by atoms with Crippen LogP contribution in [0, 0.1) is 5.41 Å². The van der Waals surface area contributed by atoms with E-state index < -0.39 is 0 Å². The maximum absolute atomic E-state index is 5.42. The SMILES string of the molecule is CCNC(=NCC(C)N1CCOCC1)NC(C)CCC(C)(C)C. The third kappa shape index (κ3) is 9.16. The number of nitrogens with one attached hydrogen (secondary N) is 2. The fraction of sp³-hybridized carbons (Fsp3) is 0.944. The number of morpholine rings is 1. The summed E-state index contributed by atoms with van der Waals surface area (Å²) in [6.07, 6.45) is 2.37. The molecule has 2 N–H and O–H groups in total. The van der Waals surface area contributed by atoms with E-state index in [-0.39, 0.29) is 0 Å². The minimum absolute atomic E-state index is 0.385. The summed E-state index contributed by atoms with van der Waals surface area (Å²) in [6, 6.07) is 0.893. The van der Waals surface area contributed by atoms with E-state index in [9.17, 15) is 0 Å². The molecule has 0 bridgehead atoms. The molecular formula is C18H38N4O. The van der Waals surface area contributed by atoms with Crippen LogP contribution in [0.15, 0.2) is 4.99 Å². The van der Waals surface area contributed by atoms with Crippen LogP contribution in [-0.2, 0) is 4.74 Å². The van der Waals surface area contributed by atoms with Crippen LogP contribution in [0.4, 0.5) is 0 Å². The predicted molar refractivity (Wildman–Crippen MR) is 99.1 cm³/mol. The molecule has 0 aromatic carbocycles. The lowest BCUT2D eigenvalue weighted by molar-refractivity contribution is 0.0220. The van der Waals surface area contributed by atoms with Gasteiger partial charge < -0.3 is 15.4 Å². The molecule has 1 rings (SSSR count). The third-order valence-corrected chi connectivity index (χ3v) is 4.24. The highest BCUT2D eigenvalue weighted by atomic mass is 16.5. The first-order valence-corrected chi connectivity index (χ1v) is 9.18. The molecule has 5 heteroatoms. The Bertz CT molecular complexity index is 345. The Hall–Kier alpha value is -0.810. The molecular weight excluding hydrogens is 288 g/mol. The second kappa shape index (κ2) is 10.1. The fourth-order valence-electron chi connectivity index (χ4n) is 2.63. The standard InChI is InChI=1S/C18H38N4O/c1-7-19-17(21-15(2)8-9-18(4,5)6)20-14-16(3)22-10-12-23-13-11-22/h15-16H,7-14H2,1-6H3,(H2,19,20,21). The van der Waals surface area contributed by atoms with Gasteiger partial charge in [0.15, 0.2) is 5.96 Å². The number of hydrogen-bond acceptors (Lipinski definition) is 3. The van der Waals surface area contributed by atoms with Crippen molar-refractivity contribution in [1.29, 1.82) is 0 Å². The van der Waals surface area contributed by atoms with Crippen LogP contribution in [0.1, 0.15) is 54.4 Å². The highest BCUT2D eigenvalue weighted by Crippen LogP contribution is 2.21. The first-order chi connectivity index (χ1) is 10.8. The smallest absolute Gasteiger partial charge is 0.191 e. The normalized spacial score (nSPS) is 20.2. The predicted octanol–water partition coefficient (Wildman–Crippen LogP) is 2.48. The van der Waals surface area contributed by atoms with Gasteiger partial charge in [0, 0.05) is 31.7 Å². The maximum Gasteiger partial charge on any atom is 0.191 e. The Labute approximate surface area is 143 Å². The van der Waals surface area contributed by atoms with Crippen molar-refractivity contribution < 1.29 is 4.74 Å². The summed E-state index contributed by atoms with van der Waals surface area (Å²) in [4.78, 5) is 7.24. The van der Waals surface area contributed by atoms with Gasteiger partial charge in [0.05, 0.1) is 19.8 Å². The van der Waals surface area contributed by atoms with Gasteiger partial charge in [-0.1, -0.05) is 20.8 Å². The Morgan fingerprint density at radius 3 is 2.43 bits per heavy atom. The average molecular weight is 327 g/mol. The van der Waals surface area contributed by atoms with E-state index in [1.807, 2.05) is 0 Å². The van der Waals surface area contributed by atoms with Crippen molar-refractivity contribution in [2.75, 3.05) is 39.4 Å². The van der Waals surface area contributed by atoms with Gasteiger partial charge in [-0.25, -0.2) is 0 Å². The minimum atomic E-state index is 0.385. The van der Waals surface area contributed by atoms with Crippen LogP contribution >= 0.6 is 0 Å². The molecule has 5 nitrogen and oxygen atoms in total. The summed E-state index contributed by atoms with van der Waals surface area (Å²) in [5.41, 5.74) is 0.385. The van der Waals surface area contributed by atoms with Gasteiger partial charge >= 0.3 is 0 Å². The molecule has 136 valence electrons. The molecule has 1 aliphatic rings. The molecule has 2 atom stereocenters. The molecule has 0 radical (unpaired) electrons. The van der Waals surface area contributed by atoms with E-state index >= 15 is 0 Å². The van der Waals surface area contributed by atoms with E-state index in [0.29, 0.717) is 17.5 Å². The monoisotopic (exact) mass is 326 g/mol. The molecule has 2 unspecified atom stereocenters. The molecule has 0 spiro atoms. The van der Waals surface area contributed by atoms with Crippen molar-refractivity contribution >= 4 is 5.96 Å². The molecule has 0 aromatic heterocycles. The number of ether oxygens (including phenoxy) is 1. The van der Waals surface area contributed by atoms with E-state index in [4.69, 9.17) is 9.73 Å². The lowest BCUT2D eigenvalue weighted by Gasteiger charge is -2.31. The van der Waals surface area contributed by atoms with Crippen LogP contribution in [-0.4, -0.2) is 62.3 Å². The summed E-state index contributed by atoms with van der Waals surface area (Å²) in [5, 5.41) is 6.91. The zero-order chi connectivity index (χ0) is 17.3. The van der Waals surface area contributed by atoms with Crippen LogP contribution < -0.4 is 10.6 Å². The molecule has 1 saturated heterocycles. The van der Waals surface area contributed by atoms with Gasteiger partial charge in [-0.3, -0.25) is 9.89 Å². The van der Waals surface area contributed by atoms with Crippen LogP contribution in [0.25, 0.3) is 0 Å². The van der Waals surface area contributed by atoms with Crippen molar-refractivity contribution in [3.8, 4) is 0 Å².